The zero-order valence-corrected chi connectivity index (χ0v) is 13.1. The molecule has 0 saturated carbocycles. The predicted octanol–water partition coefficient (Wildman–Crippen LogP) is 3.96. The van der Waals surface area contributed by atoms with Crippen molar-refractivity contribution < 1.29 is 14.2 Å². The van der Waals surface area contributed by atoms with Gasteiger partial charge in [0.1, 0.15) is 12.2 Å². The fourth-order valence-corrected chi connectivity index (χ4v) is 2.34. The Morgan fingerprint density at radius 2 is 1.90 bits per heavy atom. The van der Waals surface area contributed by atoms with Crippen LogP contribution in [0.3, 0.4) is 0 Å². The molecule has 3 nitrogen and oxygen atoms in total. The average molecular weight is 292 g/mol. The molecule has 1 aromatic carbocycles. The van der Waals surface area contributed by atoms with Crippen LogP contribution in [0.5, 0.6) is 0 Å². The van der Waals surface area contributed by atoms with E-state index in [4.69, 9.17) is 14.2 Å². The third-order valence-electron chi connectivity index (χ3n) is 3.75. The number of epoxide rings is 1. The number of unbranched alkanes of at least 4 members (excludes halogenated alkanes) is 4. The molecular formula is C18H28O3. The van der Waals surface area contributed by atoms with Crippen LogP contribution in [0, 0.1) is 0 Å². The number of rotatable bonds is 12. The molecule has 2 rings (SSSR count). The summed E-state index contributed by atoms with van der Waals surface area (Å²) in [7, 11) is 0. The standard InChI is InChI=1S/C18H28O3/c1-2-3-4-5-9-12-20-17(18-15-21-18)14-19-13-16-10-7-6-8-11-16/h6-8,10-11,17-18H,2-5,9,12-15H2,1H3/t17-,18+/m0/s1. The molecule has 0 N–H and O–H groups in total. The monoisotopic (exact) mass is 292 g/mol. The van der Waals surface area contributed by atoms with Crippen molar-refractivity contribution in [3.05, 3.63) is 35.9 Å². The normalized spacial score (nSPS) is 18.6. The first-order valence-electron chi connectivity index (χ1n) is 8.25. The van der Waals surface area contributed by atoms with Gasteiger partial charge in [0.2, 0.25) is 0 Å². The van der Waals surface area contributed by atoms with Crippen molar-refractivity contribution in [3.63, 3.8) is 0 Å². The molecule has 3 heteroatoms. The zero-order chi connectivity index (χ0) is 14.8. The Hall–Kier alpha value is -0.900. The van der Waals surface area contributed by atoms with Gasteiger partial charge in [-0.15, -0.1) is 0 Å². The summed E-state index contributed by atoms with van der Waals surface area (Å²) in [5, 5.41) is 0. The van der Waals surface area contributed by atoms with Crippen molar-refractivity contribution in [2.75, 3.05) is 19.8 Å². The maximum Gasteiger partial charge on any atom is 0.109 e. The summed E-state index contributed by atoms with van der Waals surface area (Å²) in [5.41, 5.74) is 1.20. The summed E-state index contributed by atoms with van der Waals surface area (Å²) < 4.78 is 17.1. The van der Waals surface area contributed by atoms with E-state index >= 15 is 0 Å². The van der Waals surface area contributed by atoms with Gasteiger partial charge in [-0.1, -0.05) is 62.9 Å². The zero-order valence-electron chi connectivity index (χ0n) is 13.1. The highest BCUT2D eigenvalue weighted by Crippen LogP contribution is 2.18. The third-order valence-corrected chi connectivity index (χ3v) is 3.75. The summed E-state index contributed by atoms with van der Waals surface area (Å²) in [6.07, 6.45) is 6.67. The molecule has 0 aliphatic carbocycles. The maximum atomic E-state index is 5.93. The molecule has 0 bridgehead atoms. The van der Waals surface area contributed by atoms with Gasteiger partial charge in [0.05, 0.1) is 19.8 Å². The van der Waals surface area contributed by atoms with Gasteiger partial charge in [0.15, 0.2) is 0 Å². The van der Waals surface area contributed by atoms with E-state index < -0.39 is 0 Å². The van der Waals surface area contributed by atoms with Gasteiger partial charge in [0.25, 0.3) is 0 Å². The van der Waals surface area contributed by atoms with Crippen LogP contribution in [-0.4, -0.2) is 32.0 Å². The molecule has 1 aromatic rings. The Labute approximate surface area is 128 Å². The lowest BCUT2D eigenvalue weighted by atomic mass is 10.2. The fourth-order valence-electron chi connectivity index (χ4n) is 2.34. The second-order valence-corrected chi connectivity index (χ2v) is 5.70. The van der Waals surface area contributed by atoms with Crippen molar-refractivity contribution >= 4 is 0 Å². The first-order chi connectivity index (χ1) is 10.4. The molecule has 0 spiro atoms. The van der Waals surface area contributed by atoms with Crippen LogP contribution in [0.25, 0.3) is 0 Å². The molecule has 1 aliphatic rings. The largest absolute Gasteiger partial charge is 0.374 e. The molecule has 0 aromatic heterocycles. The summed E-state index contributed by atoms with van der Waals surface area (Å²) in [6, 6.07) is 10.3. The van der Waals surface area contributed by atoms with Gasteiger partial charge in [-0.05, 0) is 12.0 Å². The van der Waals surface area contributed by atoms with Crippen LogP contribution in [-0.2, 0) is 20.8 Å². The Kier molecular flexibility index (Phi) is 7.79. The van der Waals surface area contributed by atoms with Crippen LogP contribution in [0.4, 0.5) is 0 Å². The third kappa shape index (κ3) is 7.07. The van der Waals surface area contributed by atoms with Crippen LogP contribution >= 0.6 is 0 Å². The lowest BCUT2D eigenvalue weighted by Crippen LogP contribution is -2.26. The molecule has 0 unspecified atom stereocenters. The van der Waals surface area contributed by atoms with Gasteiger partial charge in [-0.2, -0.15) is 0 Å². The minimum atomic E-state index is 0.0971. The second kappa shape index (κ2) is 9.93. The summed E-state index contributed by atoms with van der Waals surface area (Å²) in [4.78, 5) is 0. The molecule has 2 atom stereocenters. The summed E-state index contributed by atoms with van der Waals surface area (Å²) >= 11 is 0. The highest BCUT2D eigenvalue weighted by atomic mass is 16.6. The van der Waals surface area contributed by atoms with Crippen LogP contribution in [0.1, 0.15) is 44.6 Å². The molecule has 118 valence electrons. The molecule has 1 heterocycles. The van der Waals surface area contributed by atoms with Crippen molar-refractivity contribution in [1.82, 2.24) is 0 Å². The van der Waals surface area contributed by atoms with Crippen molar-refractivity contribution in [1.29, 1.82) is 0 Å². The Balaban J connectivity index is 1.57. The van der Waals surface area contributed by atoms with E-state index in [1.807, 2.05) is 18.2 Å². The van der Waals surface area contributed by atoms with Crippen molar-refractivity contribution in [3.8, 4) is 0 Å². The Morgan fingerprint density at radius 3 is 2.62 bits per heavy atom. The van der Waals surface area contributed by atoms with Gasteiger partial charge >= 0.3 is 0 Å². The molecule has 0 radical (unpaired) electrons. The lowest BCUT2D eigenvalue weighted by molar-refractivity contribution is -0.0351. The topological polar surface area (TPSA) is 31.0 Å². The number of hydrogen-bond acceptors (Lipinski definition) is 3. The maximum absolute atomic E-state index is 5.93. The van der Waals surface area contributed by atoms with Gasteiger partial charge in [-0.3, -0.25) is 0 Å². The fraction of sp³-hybridized carbons (Fsp3) is 0.667. The lowest BCUT2D eigenvalue weighted by Gasteiger charge is -2.16. The van der Waals surface area contributed by atoms with E-state index in [-0.39, 0.29) is 12.2 Å². The second-order valence-electron chi connectivity index (χ2n) is 5.70. The van der Waals surface area contributed by atoms with Crippen LogP contribution in [0.2, 0.25) is 0 Å². The van der Waals surface area contributed by atoms with Crippen LogP contribution in [0.15, 0.2) is 30.3 Å². The van der Waals surface area contributed by atoms with Gasteiger partial charge in [-0.25, -0.2) is 0 Å². The highest BCUT2D eigenvalue weighted by molar-refractivity contribution is 5.13. The summed E-state index contributed by atoms with van der Waals surface area (Å²) in [6.45, 7) is 5.14. The molecular weight excluding hydrogens is 264 g/mol. The van der Waals surface area contributed by atoms with E-state index in [1.165, 1.54) is 31.2 Å². The average Bonchev–Trinajstić information content (AvgIpc) is 3.35. The molecule has 1 fully saturated rings. The SMILES string of the molecule is CCCCCCCO[C@@H](COCc1ccccc1)[C@H]1CO1. The van der Waals surface area contributed by atoms with E-state index in [1.54, 1.807) is 0 Å². The quantitative estimate of drug-likeness (QED) is 0.431. The van der Waals surface area contributed by atoms with Crippen molar-refractivity contribution in [2.45, 2.75) is 57.8 Å². The number of benzene rings is 1. The summed E-state index contributed by atoms with van der Waals surface area (Å²) in [5.74, 6) is 0. The minimum Gasteiger partial charge on any atom is -0.374 e. The van der Waals surface area contributed by atoms with Crippen molar-refractivity contribution in [2.24, 2.45) is 0 Å². The minimum absolute atomic E-state index is 0.0971. The van der Waals surface area contributed by atoms with Gasteiger partial charge in [0, 0.05) is 6.61 Å². The van der Waals surface area contributed by atoms with E-state index in [0.717, 1.165) is 19.6 Å². The molecule has 0 amide bonds. The number of hydrogen-bond donors (Lipinski definition) is 0. The molecule has 21 heavy (non-hydrogen) atoms. The first kappa shape index (κ1) is 16.5. The smallest absolute Gasteiger partial charge is 0.109 e. The molecule has 1 saturated heterocycles. The van der Waals surface area contributed by atoms with E-state index in [0.29, 0.717) is 13.2 Å². The van der Waals surface area contributed by atoms with E-state index in [9.17, 15) is 0 Å². The Bertz CT molecular complexity index is 362. The van der Waals surface area contributed by atoms with E-state index in [2.05, 4.69) is 19.1 Å². The Morgan fingerprint density at radius 1 is 1.14 bits per heavy atom. The van der Waals surface area contributed by atoms with Gasteiger partial charge < -0.3 is 14.2 Å². The predicted molar refractivity (Wildman–Crippen MR) is 84.3 cm³/mol. The highest BCUT2D eigenvalue weighted by Gasteiger charge is 2.33. The first-order valence-corrected chi connectivity index (χ1v) is 8.25. The molecule has 1 aliphatic heterocycles. The van der Waals surface area contributed by atoms with Crippen LogP contribution < -0.4 is 0 Å². The number of ether oxygens (including phenoxy) is 3.